The number of ether oxygens (including phenoxy) is 2. The Kier molecular flexibility index (Phi) is 10.1. The maximum Gasteiger partial charge on any atom is 0.345 e. The van der Waals surface area contributed by atoms with Crippen LogP contribution in [0.3, 0.4) is 0 Å². The largest absolute Gasteiger partial charge is 0.459 e. The molecule has 0 radical (unpaired) electrons. The molecule has 0 amide bonds. The first kappa shape index (κ1) is 30.5. The van der Waals surface area contributed by atoms with Crippen molar-refractivity contribution < 1.29 is 49.6 Å². The van der Waals surface area contributed by atoms with E-state index in [0.717, 1.165) is 19.3 Å². The number of rotatable bonds is 5. The van der Waals surface area contributed by atoms with Crippen LogP contribution in [0.2, 0.25) is 0 Å². The summed E-state index contributed by atoms with van der Waals surface area (Å²) >= 11 is 7.32. The van der Waals surface area contributed by atoms with Gasteiger partial charge in [0.1, 0.15) is 6.10 Å². The van der Waals surface area contributed by atoms with Crippen molar-refractivity contribution in [3.8, 4) is 5.75 Å². The summed E-state index contributed by atoms with van der Waals surface area (Å²) < 4.78 is 100. The summed E-state index contributed by atoms with van der Waals surface area (Å²) in [5.74, 6) is -14.0. The molecule has 196 valence electrons. The van der Waals surface area contributed by atoms with Crippen LogP contribution in [-0.2, 0) is 14.9 Å². The van der Waals surface area contributed by atoms with Crippen molar-refractivity contribution in [2.45, 2.75) is 43.1 Å². The van der Waals surface area contributed by atoms with E-state index in [1.165, 1.54) is 0 Å². The summed E-state index contributed by atoms with van der Waals surface area (Å²) in [5.41, 5.74) is -0.708. The molecule has 1 N–H and O–H groups in total. The molecule has 16 heteroatoms. The second-order valence-corrected chi connectivity index (χ2v) is 13.1. The summed E-state index contributed by atoms with van der Waals surface area (Å²) in [7, 11) is -5.70. The molecule has 0 saturated heterocycles. The molecule has 0 bridgehead atoms. The third kappa shape index (κ3) is 6.06. The Bertz CT molecular complexity index is 1350. The molecule has 7 nitrogen and oxygen atoms in total. The Hall–Kier alpha value is -0.0700. The zero-order chi connectivity index (χ0) is 27.1. The lowest BCUT2D eigenvalue weighted by Crippen LogP contribution is -2.26. The molecular weight excluding hydrogens is 968 g/mol. The molecule has 1 fully saturated rings. The molecular formula is C20H12F4I4O7S. The molecule has 0 spiro atoms. The molecule has 36 heavy (non-hydrogen) atoms. The van der Waals surface area contributed by atoms with Gasteiger partial charge < -0.3 is 9.47 Å². The van der Waals surface area contributed by atoms with Gasteiger partial charge in [0, 0.05) is 14.3 Å². The van der Waals surface area contributed by atoms with Gasteiger partial charge in [0.2, 0.25) is 17.4 Å². The average Bonchev–Trinajstić information content (AvgIpc) is 2.81. The van der Waals surface area contributed by atoms with E-state index in [0.29, 0.717) is 20.0 Å². The Morgan fingerprint density at radius 2 is 1.19 bits per heavy atom. The zero-order valence-corrected chi connectivity index (χ0v) is 26.9. The fraction of sp³-hybridized carbons (Fsp3) is 0.300. The lowest BCUT2D eigenvalue weighted by molar-refractivity contribution is 0.0205. The standard InChI is InChI=1S/C20H12F4I4O7S/c21-9-11(23)18(36(31,32)33)12(24)10(22)17(9)35-20(30)8-7(13(25)15(27)16(28)14(8)26)19(29)34-6-4-2-1-3-5-6/h6H,1-5H2,(H,31,32,33). The van der Waals surface area contributed by atoms with Crippen LogP contribution >= 0.6 is 90.4 Å². The Morgan fingerprint density at radius 3 is 1.64 bits per heavy atom. The van der Waals surface area contributed by atoms with E-state index in [1.54, 1.807) is 45.2 Å². The van der Waals surface area contributed by atoms with Gasteiger partial charge in [-0.15, -0.1) is 0 Å². The first-order valence-corrected chi connectivity index (χ1v) is 15.6. The van der Waals surface area contributed by atoms with Crippen molar-refractivity contribution in [2.75, 3.05) is 0 Å². The molecule has 0 heterocycles. The number of esters is 2. The van der Waals surface area contributed by atoms with Crippen molar-refractivity contribution in [1.29, 1.82) is 0 Å². The van der Waals surface area contributed by atoms with Gasteiger partial charge in [-0.3, -0.25) is 4.55 Å². The van der Waals surface area contributed by atoms with Crippen molar-refractivity contribution >= 4 is 112 Å². The van der Waals surface area contributed by atoms with E-state index >= 15 is 0 Å². The van der Waals surface area contributed by atoms with Gasteiger partial charge in [-0.2, -0.15) is 17.2 Å². The number of benzene rings is 2. The summed E-state index contributed by atoms with van der Waals surface area (Å²) in [6, 6.07) is 0. The van der Waals surface area contributed by atoms with Gasteiger partial charge in [0.25, 0.3) is 0 Å². The molecule has 1 saturated carbocycles. The minimum absolute atomic E-state index is 0.148. The fourth-order valence-corrected chi connectivity index (χ4v) is 7.72. The van der Waals surface area contributed by atoms with Crippen LogP contribution in [0.15, 0.2) is 4.90 Å². The van der Waals surface area contributed by atoms with Crippen LogP contribution in [0.1, 0.15) is 52.8 Å². The molecule has 0 atom stereocenters. The third-order valence-corrected chi connectivity index (χ3v) is 13.4. The predicted octanol–water partition coefficient (Wildman–Crippen LogP) is 6.62. The minimum Gasteiger partial charge on any atom is -0.459 e. The van der Waals surface area contributed by atoms with E-state index in [1.807, 2.05) is 45.2 Å². The van der Waals surface area contributed by atoms with Crippen molar-refractivity contribution in [3.63, 3.8) is 0 Å². The number of halogens is 8. The molecule has 3 rings (SSSR count). The number of hydrogen-bond donors (Lipinski definition) is 1. The number of carbonyl (C=O) groups excluding carboxylic acids is 2. The highest BCUT2D eigenvalue weighted by Gasteiger charge is 2.36. The second-order valence-electron chi connectivity index (χ2n) is 7.45. The van der Waals surface area contributed by atoms with Crippen LogP contribution < -0.4 is 4.74 Å². The van der Waals surface area contributed by atoms with Crippen LogP contribution in [0.25, 0.3) is 0 Å². The van der Waals surface area contributed by atoms with Crippen LogP contribution in [0.5, 0.6) is 5.75 Å². The first-order valence-electron chi connectivity index (χ1n) is 9.80. The summed E-state index contributed by atoms with van der Waals surface area (Å²) in [5, 5.41) is 0. The average molecular weight is 980 g/mol. The molecule has 2 aromatic rings. The maximum atomic E-state index is 14.5. The highest BCUT2D eigenvalue weighted by atomic mass is 127. The quantitative estimate of drug-likeness (QED) is 0.0684. The minimum atomic E-state index is -5.70. The lowest BCUT2D eigenvalue weighted by atomic mass is 9.97. The van der Waals surface area contributed by atoms with Crippen LogP contribution in [-0.4, -0.2) is 31.0 Å². The lowest BCUT2D eigenvalue weighted by Gasteiger charge is -2.23. The van der Waals surface area contributed by atoms with E-state index in [4.69, 9.17) is 9.29 Å². The maximum absolute atomic E-state index is 14.5. The topological polar surface area (TPSA) is 107 Å². The van der Waals surface area contributed by atoms with Gasteiger partial charge in [-0.25, -0.2) is 18.4 Å². The molecule has 1 aliphatic rings. The monoisotopic (exact) mass is 980 g/mol. The highest BCUT2D eigenvalue weighted by molar-refractivity contribution is 14.1. The van der Waals surface area contributed by atoms with Crippen molar-refractivity contribution in [1.82, 2.24) is 0 Å². The van der Waals surface area contributed by atoms with Crippen molar-refractivity contribution in [2.24, 2.45) is 0 Å². The van der Waals surface area contributed by atoms with E-state index in [-0.39, 0.29) is 12.7 Å². The van der Waals surface area contributed by atoms with E-state index in [2.05, 4.69) is 4.74 Å². The van der Waals surface area contributed by atoms with E-state index < -0.39 is 67.6 Å². The van der Waals surface area contributed by atoms with Gasteiger partial charge in [0.05, 0.1) is 11.1 Å². The molecule has 0 unspecified atom stereocenters. The molecule has 0 aromatic heterocycles. The smallest absolute Gasteiger partial charge is 0.345 e. The van der Waals surface area contributed by atoms with Crippen LogP contribution in [0, 0.1) is 37.5 Å². The number of carbonyl (C=O) groups is 2. The molecule has 1 aliphatic carbocycles. The molecule has 0 aliphatic heterocycles. The van der Waals surface area contributed by atoms with Gasteiger partial charge in [-0.05, 0) is 116 Å². The predicted molar refractivity (Wildman–Crippen MR) is 151 cm³/mol. The Labute approximate surface area is 256 Å². The van der Waals surface area contributed by atoms with Gasteiger partial charge in [-0.1, -0.05) is 6.42 Å². The van der Waals surface area contributed by atoms with Crippen molar-refractivity contribution in [3.05, 3.63) is 48.7 Å². The Balaban J connectivity index is 2.13. The van der Waals surface area contributed by atoms with E-state index in [9.17, 15) is 35.6 Å². The summed E-state index contributed by atoms with van der Waals surface area (Å²) in [4.78, 5) is 23.9. The van der Waals surface area contributed by atoms with Gasteiger partial charge in [0.15, 0.2) is 16.5 Å². The fourth-order valence-electron chi connectivity index (χ4n) is 3.46. The first-order chi connectivity index (χ1) is 16.7. The zero-order valence-electron chi connectivity index (χ0n) is 17.4. The summed E-state index contributed by atoms with van der Waals surface area (Å²) in [6.45, 7) is 0. The Morgan fingerprint density at radius 1 is 0.750 bits per heavy atom. The third-order valence-electron chi connectivity index (χ3n) is 5.14. The summed E-state index contributed by atoms with van der Waals surface area (Å²) in [6.07, 6.45) is 3.53. The SMILES string of the molecule is O=C(Oc1c(F)c(F)c(S(=O)(=O)O)c(F)c1F)c1c(I)c(I)c(I)c(I)c1C(=O)OC1CCCCC1. The normalized spacial score (nSPS) is 14.6. The molecule has 2 aromatic carbocycles. The van der Waals surface area contributed by atoms with Crippen LogP contribution in [0.4, 0.5) is 17.6 Å². The van der Waals surface area contributed by atoms with Gasteiger partial charge >= 0.3 is 22.1 Å². The second kappa shape index (κ2) is 12.0. The number of hydrogen-bond acceptors (Lipinski definition) is 6. The highest BCUT2D eigenvalue weighted by Crippen LogP contribution is 2.37.